The van der Waals surface area contributed by atoms with E-state index < -0.39 is 0 Å². The molecule has 1 saturated heterocycles. The second-order valence-electron chi connectivity index (χ2n) is 6.91. The van der Waals surface area contributed by atoms with Gasteiger partial charge in [-0.05, 0) is 55.5 Å². The first-order valence-electron chi connectivity index (χ1n) is 9.04. The summed E-state index contributed by atoms with van der Waals surface area (Å²) in [5.74, 6) is -0.191. The maximum absolute atomic E-state index is 12.6. The maximum Gasteiger partial charge on any atom is 0.255 e. The van der Waals surface area contributed by atoms with Crippen molar-refractivity contribution in [3.63, 3.8) is 0 Å². The Hall–Kier alpha value is -2.86. The number of ether oxygens (including phenoxy) is 1. The molecule has 6 nitrogen and oxygen atoms in total. The molecule has 1 N–H and O–H groups in total. The van der Waals surface area contributed by atoms with Gasteiger partial charge in [-0.1, -0.05) is 0 Å². The van der Waals surface area contributed by atoms with E-state index >= 15 is 0 Å². The summed E-state index contributed by atoms with van der Waals surface area (Å²) in [6, 6.07) is 14.4. The van der Waals surface area contributed by atoms with Crippen LogP contribution in [0.2, 0.25) is 0 Å². The SMILES string of the molecule is CC1CN(C(=O)c2ccc(NC(=O)c3ccc(N(C)C)cc3)cc2)CCO1. The Balaban J connectivity index is 1.63. The quantitative estimate of drug-likeness (QED) is 0.903. The zero-order chi connectivity index (χ0) is 19.4. The van der Waals surface area contributed by atoms with Crippen molar-refractivity contribution in [1.82, 2.24) is 4.90 Å². The van der Waals surface area contributed by atoms with Crippen LogP contribution in [0.25, 0.3) is 0 Å². The van der Waals surface area contributed by atoms with E-state index in [2.05, 4.69) is 5.32 Å². The number of benzene rings is 2. The predicted octanol–water partition coefficient (Wildman–Crippen LogP) is 2.87. The van der Waals surface area contributed by atoms with Crippen molar-refractivity contribution in [2.45, 2.75) is 13.0 Å². The van der Waals surface area contributed by atoms with E-state index in [1.54, 1.807) is 41.3 Å². The Morgan fingerprint density at radius 2 is 1.67 bits per heavy atom. The topological polar surface area (TPSA) is 61.9 Å². The minimum atomic E-state index is -0.179. The van der Waals surface area contributed by atoms with E-state index in [0.717, 1.165) is 5.69 Å². The Bertz CT molecular complexity index is 800. The minimum Gasteiger partial charge on any atom is -0.378 e. The fourth-order valence-corrected chi connectivity index (χ4v) is 3.00. The second kappa shape index (κ2) is 8.22. The molecule has 1 fully saturated rings. The Labute approximate surface area is 159 Å². The fourth-order valence-electron chi connectivity index (χ4n) is 3.00. The van der Waals surface area contributed by atoms with Gasteiger partial charge in [-0.15, -0.1) is 0 Å². The molecule has 0 radical (unpaired) electrons. The summed E-state index contributed by atoms with van der Waals surface area (Å²) in [6.45, 7) is 3.72. The summed E-state index contributed by atoms with van der Waals surface area (Å²) in [4.78, 5) is 28.7. The molecule has 27 heavy (non-hydrogen) atoms. The average Bonchev–Trinajstić information content (AvgIpc) is 2.68. The normalized spacial score (nSPS) is 16.7. The number of anilines is 2. The highest BCUT2D eigenvalue weighted by Crippen LogP contribution is 2.16. The lowest BCUT2D eigenvalue weighted by atomic mass is 10.1. The van der Waals surface area contributed by atoms with Gasteiger partial charge in [-0.2, -0.15) is 0 Å². The number of rotatable bonds is 4. The largest absolute Gasteiger partial charge is 0.378 e. The van der Waals surface area contributed by atoms with E-state index in [1.165, 1.54) is 0 Å². The van der Waals surface area contributed by atoms with Gasteiger partial charge in [-0.3, -0.25) is 9.59 Å². The number of nitrogens with zero attached hydrogens (tertiary/aromatic N) is 2. The van der Waals surface area contributed by atoms with Crippen molar-refractivity contribution in [2.75, 3.05) is 44.0 Å². The van der Waals surface area contributed by atoms with Gasteiger partial charge in [0.2, 0.25) is 0 Å². The van der Waals surface area contributed by atoms with Gasteiger partial charge in [0, 0.05) is 49.7 Å². The Morgan fingerprint density at radius 3 is 2.26 bits per heavy atom. The van der Waals surface area contributed by atoms with E-state index in [0.29, 0.717) is 36.5 Å². The molecule has 6 heteroatoms. The van der Waals surface area contributed by atoms with Crippen LogP contribution in [-0.2, 0) is 4.74 Å². The first kappa shape index (κ1) is 18.9. The average molecular weight is 367 g/mol. The number of amides is 2. The summed E-state index contributed by atoms with van der Waals surface area (Å²) in [5, 5.41) is 2.86. The molecule has 1 unspecified atom stereocenters. The van der Waals surface area contributed by atoms with Gasteiger partial charge < -0.3 is 19.9 Å². The Morgan fingerprint density at radius 1 is 1.04 bits per heavy atom. The molecule has 0 spiro atoms. The molecule has 3 rings (SSSR count). The summed E-state index contributed by atoms with van der Waals surface area (Å²) in [6.07, 6.45) is 0.0557. The van der Waals surface area contributed by atoms with Crippen molar-refractivity contribution >= 4 is 23.2 Å². The summed E-state index contributed by atoms with van der Waals surface area (Å²) in [5.41, 5.74) is 2.89. The number of hydrogen-bond donors (Lipinski definition) is 1. The van der Waals surface area contributed by atoms with Crippen molar-refractivity contribution in [1.29, 1.82) is 0 Å². The smallest absolute Gasteiger partial charge is 0.255 e. The molecular weight excluding hydrogens is 342 g/mol. The summed E-state index contributed by atoms with van der Waals surface area (Å²) >= 11 is 0. The van der Waals surface area contributed by atoms with Gasteiger partial charge in [0.1, 0.15) is 0 Å². The molecule has 142 valence electrons. The first-order chi connectivity index (χ1) is 12.9. The molecule has 1 heterocycles. The predicted molar refractivity (Wildman–Crippen MR) is 106 cm³/mol. The summed E-state index contributed by atoms with van der Waals surface area (Å²) < 4.78 is 5.48. The highest BCUT2D eigenvalue weighted by Gasteiger charge is 2.22. The van der Waals surface area contributed by atoms with E-state index in [-0.39, 0.29) is 17.9 Å². The lowest BCUT2D eigenvalue weighted by Crippen LogP contribution is -2.44. The van der Waals surface area contributed by atoms with Crippen LogP contribution < -0.4 is 10.2 Å². The Kier molecular flexibility index (Phi) is 5.76. The third-order valence-electron chi connectivity index (χ3n) is 4.56. The van der Waals surface area contributed by atoms with Crippen LogP contribution in [0.15, 0.2) is 48.5 Å². The molecule has 1 aliphatic heterocycles. The standard InChI is InChI=1S/C21H25N3O3/c1-15-14-24(12-13-27-15)21(26)17-4-8-18(9-5-17)22-20(25)16-6-10-19(11-7-16)23(2)3/h4-11,15H,12-14H2,1-3H3,(H,22,25). The number of hydrogen-bond acceptors (Lipinski definition) is 4. The lowest BCUT2D eigenvalue weighted by molar-refractivity contribution is -0.0124. The molecule has 2 aromatic rings. The van der Waals surface area contributed by atoms with Gasteiger partial charge in [0.15, 0.2) is 0 Å². The van der Waals surface area contributed by atoms with Crippen LogP contribution >= 0.6 is 0 Å². The van der Waals surface area contributed by atoms with Crippen LogP contribution in [0, 0.1) is 0 Å². The zero-order valence-electron chi connectivity index (χ0n) is 15.9. The van der Waals surface area contributed by atoms with Crippen LogP contribution in [0.3, 0.4) is 0 Å². The molecule has 2 aromatic carbocycles. The minimum absolute atomic E-state index is 0.0118. The third kappa shape index (κ3) is 4.65. The lowest BCUT2D eigenvalue weighted by Gasteiger charge is -2.31. The molecule has 0 aromatic heterocycles. The summed E-state index contributed by atoms with van der Waals surface area (Å²) in [7, 11) is 3.91. The van der Waals surface area contributed by atoms with Crippen LogP contribution in [0.1, 0.15) is 27.6 Å². The van der Waals surface area contributed by atoms with Crippen molar-refractivity contribution < 1.29 is 14.3 Å². The van der Waals surface area contributed by atoms with Crippen LogP contribution in [0.4, 0.5) is 11.4 Å². The van der Waals surface area contributed by atoms with Gasteiger partial charge in [0.25, 0.3) is 11.8 Å². The second-order valence-corrected chi connectivity index (χ2v) is 6.91. The van der Waals surface area contributed by atoms with Gasteiger partial charge in [-0.25, -0.2) is 0 Å². The van der Waals surface area contributed by atoms with Gasteiger partial charge >= 0.3 is 0 Å². The maximum atomic E-state index is 12.6. The molecule has 2 amide bonds. The number of morpholine rings is 1. The van der Waals surface area contributed by atoms with Crippen molar-refractivity contribution in [3.05, 3.63) is 59.7 Å². The molecule has 1 aliphatic rings. The number of nitrogens with one attached hydrogen (secondary N) is 1. The highest BCUT2D eigenvalue weighted by atomic mass is 16.5. The van der Waals surface area contributed by atoms with Crippen molar-refractivity contribution in [3.8, 4) is 0 Å². The van der Waals surface area contributed by atoms with E-state index in [1.807, 2.05) is 38.1 Å². The molecule has 0 aliphatic carbocycles. The zero-order valence-corrected chi connectivity index (χ0v) is 15.9. The highest BCUT2D eigenvalue weighted by molar-refractivity contribution is 6.04. The van der Waals surface area contributed by atoms with Crippen LogP contribution in [0.5, 0.6) is 0 Å². The van der Waals surface area contributed by atoms with Crippen molar-refractivity contribution in [2.24, 2.45) is 0 Å². The van der Waals surface area contributed by atoms with Gasteiger partial charge in [0.05, 0.1) is 12.7 Å². The van der Waals surface area contributed by atoms with E-state index in [4.69, 9.17) is 4.74 Å². The first-order valence-corrected chi connectivity index (χ1v) is 9.04. The van der Waals surface area contributed by atoms with Crippen LogP contribution in [-0.4, -0.2) is 56.6 Å². The fraction of sp³-hybridized carbons (Fsp3) is 0.333. The molecule has 0 bridgehead atoms. The molecule has 0 saturated carbocycles. The van der Waals surface area contributed by atoms with E-state index in [9.17, 15) is 9.59 Å². The molecule has 1 atom stereocenters. The number of carbonyl (C=O) groups is 2. The molecular formula is C21H25N3O3. The monoisotopic (exact) mass is 367 g/mol. The number of carbonyl (C=O) groups excluding carboxylic acids is 2. The third-order valence-corrected chi connectivity index (χ3v) is 4.56.